The maximum atomic E-state index is 10.9. The van der Waals surface area contributed by atoms with Crippen LogP contribution in [0.25, 0.3) is 0 Å². The molecule has 0 aliphatic carbocycles. The Labute approximate surface area is 143 Å². The van der Waals surface area contributed by atoms with Crippen LogP contribution in [0, 0.1) is 27.7 Å². The molecule has 2 heterocycles. The molecule has 0 radical (unpaired) electrons. The van der Waals surface area contributed by atoms with E-state index in [2.05, 4.69) is 0 Å². The molecule has 0 saturated heterocycles. The van der Waals surface area contributed by atoms with Gasteiger partial charge < -0.3 is 0 Å². The van der Waals surface area contributed by atoms with Crippen molar-refractivity contribution in [2.45, 2.75) is 37.5 Å². The van der Waals surface area contributed by atoms with E-state index >= 15 is 0 Å². The van der Waals surface area contributed by atoms with Gasteiger partial charge in [0.1, 0.15) is 0 Å². The van der Waals surface area contributed by atoms with Gasteiger partial charge in [0.2, 0.25) is 10.0 Å². The zero-order valence-electron chi connectivity index (χ0n) is 12.4. The monoisotopic (exact) mass is 401 g/mol. The van der Waals surface area contributed by atoms with Gasteiger partial charge in [-0.2, -0.15) is 0 Å². The van der Waals surface area contributed by atoms with E-state index in [9.17, 15) is 16.8 Å². The molecule has 0 unspecified atom stereocenters. The average Bonchev–Trinajstić information content (AvgIpc) is 2.81. The van der Waals surface area contributed by atoms with Crippen molar-refractivity contribution in [2.75, 3.05) is 0 Å². The summed E-state index contributed by atoms with van der Waals surface area (Å²) in [5.41, 5.74) is 1.46. The number of nitrogens with two attached hydrogens (primary N) is 1. The third kappa shape index (κ3) is 4.77. The highest BCUT2D eigenvalue weighted by molar-refractivity contribution is 8.14. The quantitative estimate of drug-likeness (QED) is 0.781. The van der Waals surface area contributed by atoms with Gasteiger partial charge >= 0.3 is 0 Å². The van der Waals surface area contributed by atoms with Gasteiger partial charge in [0.15, 0.2) is 0 Å². The van der Waals surface area contributed by atoms with Crippen LogP contribution in [0.3, 0.4) is 0 Å². The molecule has 0 amide bonds. The van der Waals surface area contributed by atoms with Crippen LogP contribution in [-0.2, 0) is 19.1 Å². The van der Waals surface area contributed by atoms with Crippen molar-refractivity contribution in [1.29, 1.82) is 0 Å². The molecule has 0 spiro atoms. The Morgan fingerprint density at radius 2 is 1.23 bits per heavy atom. The number of sulfonamides is 1. The molecule has 0 aliphatic heterocycles. The average molecular weight is 402 g/mol. The maximum Gasteiger partial charge on any atom is 0.262 e. The predicted octanol–water partition coefficient (Wildman–Crippen LogP) is 3.30. The molecule has 0 saturated carbocycles. The first kappa shape index (κ1) is 19.6. The molecule has 5 nitrogen and oxygen atoms in total. The first-order valence-electron chi connectivity index (χ1n) is 5.92. The van der Waals surface area contributed by atoms with Crippen molar-refractivity contribution in [3.8, 4) is 0 Å². The van der Waals surface area contributed by atoms with Gasteiger partial charge in [-0.05, 0) is 49.6 Å². The van der Waals surface area contributed by atoms with Crippen LogP contribution >= 0.6 is 33.4 Å². The van der Waals surface area contributed by atoms with E-state index in [0.717, 1.165) is 20.9 Å². The van der Waals surface area contributed by atoms with Gasteiger partial charge in [-0.25, -0.2) is 22.0 Å². The minimum absolute atomic E-state index is 0.268. The molecule has 2 rings (SSSR count). The van der Waals surface area contributed by atoms with E-state index in [4.69, 9.17) is 15.8 Å². The van der Waals surface area contributed by atoms with E-state index in [-0.39, 0.29) is 9.79 Å². The normalized spacial score (nSPS) is 11.9. The van der Waals surface area contributed by atoms with Crippen molar-refractivity contribution in [3.05, 3.63) is 31.6 Å². The van der Waals surface area contributed by atoms with Crippen LogP contribution in [0.2, 0.25) is 0 Å². The SMILES string of the molecule is Cc1csc(C)c1S(=O)(=O)Cl.Cc1csc(C)c1S(N)(=O)=O. The van der Waals surface area contributed by atoms with E-state index < -0.39 is 19.1 Å². The predicted molar refractivity (Wildman–Crippen MR) is 92.0 cm³/mol. The summed E-state index contributed by atoms with van der Waals surface area (Å²) in [5.74, 6) is 0. The minimum Gasteiger partial charge on any atom is -0.225 e. The molecular weight excluding hydrogens is 386 g/mol. The van der Waals surface area contributed by atoms with Crippen molar-refractivity contribution in [2.24, 2.45) is 5.14 Å². The zero-order chi connectivity index (χ0) is 17.3. The van der Waals surface area contributed by atoms with Crippen LogP contribution in [0.4, 0.5) is 0 Å². The topological polar surface area (TPSA) is 94.3 Å². The molecule has 0 aromatic carbocycles. The van der Waals surface area contributed by atoms with Crippen molar-refractivity contribution in [1.82, 2.24) is 0 Å². The Morgan fingerprint density at radius 1 is 0.864 bits per heavy atom. The van der Waals surface area contributed by atoms with E-state index in [1.165, 1.54) is 22.7 Å². The molecule has 10 heteroatoms. The van der Waals surface area contributed by atoms with Gasteiger partial charge in [0.05, 0.1) is 9.79 Å². The highest BCUT2D eigenvalue weighted by Gasteiger charge is 2.17. The zero-order valence-corrected chi connectivity index (χ0v) is 16.4. The molecular formula is C12H16ClNO4S4. The van der Waals surface area contributed by atoms with Crippen molar-refractivity contribution in [3.63, 3.8) is 0 Å². The van der Waals surface area contributed by atoms with E-state index in [0.29, 0.717) is 0 Å². The summed E-state index contributed by atoms with van der Waals surface area (Å²) in [6.07, 6.45) is 0. The fraction of sp³-hybridized carbons (Fsp3) is 0.333. The minimum atomic E-state index is -3.54. The van der Waals surface area contributed by atoms with Gasteiger partial charge in [-0.3, -0.25) is 0 Å². The first-order chi connectivity index (χ1) is 9.85. The number of rotatable bonds is 2. The van der Waals surface area contributed by atoms with Gasteiger partial charge in [-0.15, -0.1) is 22.7 Å². The summed E-state index contributed by atoms with van der Waals surface area (Å²) in [5, 5.41) is 8.55. The van der Waals surface area contributed by atoms with Gasteiger partial charge in [0, 0.05) is 20.4 Å². The summed E-state index contributed by atoms with van der Waals surface area (Å²) in [7, 11) is -1.86. The lowest BCUT2D eigenvalue weighted by atomic mass is 10.3. The molecule has 2 N–H and O–H groups in total. The lowest BCUT2D eigenvalue weighted by Crippen LogP contribution is -2.13. The van der Waals surface area contributed by atoms with Gasteiger partial charge in [-0.1, -0.05) is 0 Å². The molecule has 22 heavy (non-hydrogen) atoms. The lowest BCUT2D eigenvalue weighted by molar-refractivity contribution is 0.597. The van der Waals surface area contributed by atoms with Crippen molar-refractivity contribution >= 4 is 52.4 Å². The Morgan fingerprint density at radius 3 is 1.36 bits per heavy atom. The number of halogens is 1. The molecule has 2 aromatic rings. The smallest absolute Gasteiger partial charge is 0.225 e. The molecule has 0 atom stereocenters. The summed E-state index contributed by atoms with van der Waals surface area (Å²) < 4.78 is 43.7. The molecule has 0 fully saturated rings. The number of hydrogen-bond donors (Lipinski definition) is 1. The Balaban J connectivity index is 0.000000220. The second-order valence-electron chi connectivity index (χ2n) is 4.59. The number of thiophene rings is 2. The van der Waals surface area contributed by atoms with E-state index in [1.54, 1.807) is 38.5 Å². The summed E-state index contributed by atoms with van der Waals surface area (Å²) in [6, 6.07) is 0. The summed E-state index contributed by atoms with van der Waals surface area (Å²) in [6.45, 7) is 6.96. The Bertz CT molecular complexity index is 765. The third-order valence-electron chi connectivity index (χ3n) is 2.71. The fourth-order valence-corrected chi connectivity index (χ4v) is 7.05. The Kier molecular flexibility index (Phi) is 6.22. The Hall–Kier alpha value is -0.450. The maximum absolute atomic E-state index is 10.9. The van der Waals surface area contributed by atoms with E-state index in [1.807, 2.05) is 0 Å². The molecule has 124 valence electrons. The number of aryl methyl sites for hydroxylation is 4. The molecule has 0 bridgehead atoms. The number of hydrogen-bond acceptors (Lipinski definition) is 6. The summed E-state index contributed by atoms with van der Waals surface area (Å²) in [4.78, 5) is 2.05. The first-order valence-corrected chi connectivity index (χ1v) is 11.5. The van der Waals surface area contributed by atoms with Crippen LogP contribution in [0.5, 0.6) is 0 Å². The number of primary sulfonamides is 1. The standard InChI is InChI=1S/C6H7ClO2S2.C6H9NO2S2/c2*1-4-3-10-5(2)6(4)11(7,8)9/h3H,1-2H3;3H,1-2H3,(H2,7,8,9). The third-order valence-corrected chi connectivity index (χ3v) is 7.80. The molecule has 2 aromatic heterocycles. The molecule has 0 aliphatic rings. The van der Waals surface area contributed by atoms with Crippen LogP contribution in [0.1, 0.15) is 20.9 Å². The van der Waals surface area contributed by atoms with Crippen LogP contribution < -0.4 is 5.14 Å². The fourth-order valence-electron chi connectivity index (χ4n) is 1.91. The second kappa shape index (κ2) is 6.98. The van der Waals surface area contributed by atoms with Crippen molar-refractivity contribution < 1.29 is 16.8 Å². The summed E-state index contributed by atoms with van der Waals surface area (Å²) >= 11 is 2.79. The van der Waals surface area contributed by atoms with Gasteiger partial charge in [0.25, 0.3) is 9.05 Å². The van der Waals surface area contributed by atoms with Crippen LogP contribution in [0.15, 0.2) is 20.6 Å². The van der Waals surface area contributed by atoms with Crippen LogP contribution in [-0.4, -0.2) is 16.8 Å². The largest absolute Gasteiger partial charge is 0.262 e. The highest BCUT2D eigenvalue weighted by Crippen LogP contribution is 2.28. The second-order valence-corrected chi connectivity index (χ2v) is 10.8. The highest BCUT2D eigenvalue weighted by atomic mass is 35.7. The lowest BCUT2D eigenvalue weighted by Gasteiger charge is -1.96.